The van der Waals surface area contributed by atoms with Gasteiger partial charge in [-0.05, 0) is 68.0 Å². The summed E-state index contributed by atoms with van der Waals surface area (Å²) in [6.07, 6.45) is 2.82. The molecule has 0 unspecified atom stereocenters. The van der Waals surface area contributed by atoms with Crippen molar-refractivity contribution >= 4 is 34.1 Å². The van der Waals surface area contributed by atoms with Crippen LogP contribution in [0.1, 0.15) is 66.6 Å². The maximum atomic E-state index is 13.4. The lowest BCUT2D eigenvalue weighted by atomic mass is 9.75. The van der Waals surface area contributed by atoms with Crippen LogP contribution in [0.4, 0.5) is 9.80 Å². The Morgan fingerprint density at radius 2 is 1.80 bits per heavy atom. The third kappa shape index (κ3) is 6.49. The molecule has 1 aliphatic carbocycles. The number of anilines is 1. The number of hydrogen-bond acceptors (Lipinski definition) is 8. The van der Waals surface area contributed by atoms with E-state index in [0.717, 1.165) is 57.3 Å². The average Bonchev–Trinajstić information content (AvgIpc) is 3.35. The highest BCUT2D eigenvalue weighted by Gasteiger charge is 2.38. The van der Waals surface area contributed by atoms with Crippen LogP contribution in [0.25, 0.3) is 22.4 Å². The van der Waals surface area contributed by atoms with E-state index in [2.05, 4.69) is 24.8 Å². The van der Waals surface area contributed by atoms with Crippen LogP contribution in [0.2, 0.25) is 0 Å². The van der Waals surface area contributed by atoms with Crippen molar-refractivity contribution in [2.45, 2.75) is 59.1 Å². The number of amides is 2. The second kappa shape index (κ2) is 11.9. The second-order valence-corrected chi connectivity index (χ2v) is 15.1. The van der Waals surface area contributed by atoms with Gasteiger partial charge in [-0.15, -0.1) is 11.3 Å². The number of carbonyl (C=O) groups excluding carboxylic acids is 3. The van der Waals surface area contributed by atoms with E-state index < -0.39 is 5.60 Å². The van der Waals surface area contributed by atoms with Gasteiger partial charge in [0.05, 0.1) is 34.8 Å². The molecule has 0 radical (unpaired) electrons. The summed E-state index contributed by atoms with van der Waals surface area (Å²) in [6.45, 7) is 13.7. The molecule has 3 aliphatic rings. The van der Waals surface area contributed by atoms with E-state index in [4.69, 9.17) is 14.5 Å². The zero-order valence-corrected chi connectivity index (χ0v) is 27.8. The fourth-order valence-corrected chi connectivity index (χ4v) is 7.61. The molecule has 0 saturated carbocycles. The zero-order chi connectivity index (χ0) is 32.1. The lowest BCUT2D eigenvalue weighted by Gasteiger charge is -2.44. The Kier molecular flexibility index (Phi) is 8.24. The van der Waals surface area contributed by atoms with Crippen molar-refractivity contribution in [1.82, 2.24) is 14.8 Å². The Morgan fingerprint density at radius 3 is 2.51 bits per heavy atom. The monoisotopic (exact) mass is 630 g/mol. The number of Topliss-reactive ketones (excluding diaryl/α,β-unsaturated/α-hetero) is 1. The molecule has 4 heterocycles. The van der Waals surface area contributed by atoms with Gasteiger partial charge in [-0.2, -0.15) is 0 Å². The Bertz CT molecular complexity index is 1630. The van der Waals surface area contributed by atoms with Crippen molar-refractivity contribution in [3.05, 3.63) is 58.6 Å². The van der Waals surface area contributed by atoms with Crippen LogP contribution >= 0.6 is 11.3 Å². The standard InChI is InChI=1S/C35H42N4O5S/c1-34(2,3)44-33(42)37(6)25-20-39(21-25)31(41)24-9-7-8-22(16-24)27-17-23(10-11-36-27)29-26-18-35(4,5)19-28(40)30(26)45-32(29)38-12-14-43-15-13-38/h7-11,16-17,25H,12-15,18-21H2,1-6H3. The number of hydrogen-bond donors (Lipinski definition) is 0. The minimum atomic E-state index is -0.572. The molecule has 0 bridgehead atoms. The van der Waals surface area contributed by atoms with Gasteiger partial charge in [0.15, 0.2) is 5.78 Å². The van der Waals surface area contributed by atoms with Crippen molar-refractivity contribution in [3.8, 4) is 22.4 Å². The fourth-order valence-electron chi connectivity index (χ4n) is 6.28. The summed E-state index contributed by atoms with van der Waals surface area (Å²) in [4.78, 5) is 50.4. The van der Waals surface area contributed by atoms with Gasteiger partial charge < -0.3 is 24.2 Å². The van der Waals surface area contributed by atoms with Crippen LogP contribution in [0.5, 0.6) is 0 Å². The average molecular weight is 631 g/mol. The predicted octanol–water partition coefficient (Wildman–Crippen LogP) is 6.16. The van der Waals surface area contributed by atoms with Gasteiger partial charge in [0.25, 0.3) is 5.91 Å². The topological polar surface area (TPSA) is 92.3 Å². The molecule has 0 spiro atoms. The van der Waals surface area contributed by atoms with E-state index in [1.54, 1.807) is 28.2 Å². The van der Waals surface area contributed by atoms with Gasteiger partial charge in [0.1, 0.15) is 5.60 Å². The molecule has 2 amide bonds. The Balaban J connectivity index is 1.25. The Hall–Kier alpha value is -3.76. The van der Waals surface area contributed by atoms with Gasteiger partial charge in [-0.25, -0.2) is 4.79 Å². The summed E-state index contributed by atoms with van der Waals surface area (Å²) in [5, 5.41) is 1.12. The van der Waals surface area contributed by atoms with Crippen LogP contribution in [0.15, 0.2) is 42.6 Å². The van der Waals surface area contributed by atoms with E-state index in [0.29, 0.717) is 38.3 Å². The molecule has 3 aromatic rings. The number of carbonyl (C=O) groups is 3. The van der Waals surface area contributed by atoms with E-state index in [-0.39, 0.29) is 29.2 Å². The summed E-state index contributed by atoms with van der Waals surface area (Å²) in [5.41, 5.74) is 4.79. The van der Waals surface area contributed by atoms with Gasteiger partial charge in [-0.3, -0.25) is 14.6 Å². The van der Waals surface area contributed by atoms with Crippen molar-refractivity contribution in [1.29, 1.82) is 0 Å². The van der Waals surface area contributed by atoms with Crippen LogP contribution in [-0.2, 0) is 15.9 Å². The molecule has 45 heavy (non-hydrogen) atoms. The molecule has 0 N–H and O–H groups in total. The predicted molar refractivity (Wildman–Crippen MR) is 176 cm³/mol. The van der Waals surface area contributed by atoms with E-state index in [1.165, 1.54) is 0 Å². The van der Waals surface area contributed by atoms with Crippen molar-refractivity contribution in [2.24, 2.45) is 5.41 Å². The van der Waals surface area contributed by atoms with Crippen molar-refractivity contribution < 1.29 is 23.9 Å². The maximum Gasteiger partial charge on any atom is 0.410 e. The number of nitrogens with zero attached hydrogens (tertiary/aromatic N) is 4. The smallest absolute Gasteiger partial charge is 0.410 e. The highest BCUT2D eigenvalue weighted by molar-refractivity contribution is 7.19. The number of likely N-dealkylation sites (tertiary alicyclic amines) is 1. The minimum Gasteiger partial charge on any atom is -0.444 e. The molecule has 10 heteroatoms. The van der Waals surface area contributed by atoms with Gasteiger partial charge in [0.2, 0.25) is 0 Å². The molecule has 2 aliphatic heterocycles. The summed E-state index contributed by atoms with van der Waals surface area (Å²) in [5.74, 6) is 0.141. The minimum absolute atomic E-state index is 0.0795. The number of rotatable bonds is 5. The Morgan fingerprint density at radius 1 is 1.07 bits per heavy atom. The first-order valence-electron chi connectivity index (χ1n) is 15.6. The highest BCUT2D eigenvalue weighted by Crippen LogP contribution is 2.49. The van der Waals surface area contributed by atoms with Crippen LogP contribution in [-0.4, -0.2) is 90.7 Å². The van der Waals surface area contributed by atoms with Crippen molar-refractivity contribution in [2.75, 3.05) is 51.3 Å². The van der Waals surface area contributed by atoms with Gasteiger partial charge >= 0.3 is 6.09 Å². The molecular formula is C35H42N4O5S. The van der Waals surface area contributed by atoms with E-state index >= 15 is 0 Å². The largest absolute Gasteiger partial charge is 0.444 e. The molecule has 238 valence electrons. The molecule has 6 rings (SSSR count). The number of morpholine rings is 1. The quantitative estimate of drug-likeness (QED) is 0.334. The zero-order valence-electron chi connectivity index (χ0n) is 27.0. The van der Waals surface area contributed by atoms with Crippen molar-refractivity contribution in [3.63, 3.8) is 0 Å². The first kappa shape index (κ1) is 31.2. The number of ketones is 1. The number of fused-ring (bicyclic) bond motifs is 1. The lowest BCUT2D eigenvalue weighted by molar-refractivity contribution is -0.00207. The number of likely N-dealkylation sites (N-methyl/N-ethyl adjacent to an activating group) is 1. The summed E-state index contributed by atoms with van der Waals surface area (Å²) < 4.78 is 11.1. The number of benzene rings is 1. The lowest BCUT2D eigenvalue weighted by Crippen LogP contribution is -2.61. The highest BCUT2D eigenvalue weighted by atomic mass is 32.1. The van der Waals surface area contributed by atoms with Crippen LogP contribution in [0.3, 0.4) is 0 Å². The molecule has 2 fully saturated rings. The van der Waals surface area contributed by atoms with E-state index in [9.17, 15) is 14.4 Å². The molecule has 2 aromatic heterocycles. The summed E-state index contributed by atoms with van der Waals surface area (Å²) in [6, 6.07) is 11.6. The number of pyridine rings is 1. The van der Waals surface area contributed by atoms with Crippen LogP contribution in [0, 0.1) is 5.41 Å². The number of ether oxygens (including phenoxy) is 2. The molecule has 9 nitrogen and oxygen atoms in total. The molecule has 2 saturated heterocycles. The Labute approximate surface area is 269 Å². The number of aromatic nitrogens is 1. The second-order valence-electron chi connectivity index (χ2n) is 14.1. The first-order valence-corrected chi connectivity index (χ1v) is 16.4. The first-order chi connectivity index (χ1) is 21.3. The molecular weight excluding hydrogens is 588 g/mol. The van der Waals surface area contributed by atoms with E-state index in [1.807, 2.05) is 57.3 Å². The third-order valence-corrected chi connectivity index (χ3v) is 10.0. The summed E-state index contributed by atoms with van der Waals surface area (Å²) in [7, 11) is 1.71. The third-order valence-electron chi connectivity index (χ3n) is 8.67. The molecule has 0 atom stereocenters. The fraction of sp³-hybridized carbons (Fsp3) is 0.486. The van der Waals surface area contributed by atoms with Gasteiger partial charge in [-0.1, -0.05) is 26.0 Å². The summed E-state index contributed by atoms with van der Waals surface area (Å²) >= 11 is 1.62. The SMILES string of the molecule is CN(C(=O)OC(C)(C)C)C1CN(C(=O)c2cccc(-c3cc(-c4c(N5CCOCC5)sc5c4CC(C)(C)CC5=O)ccn3)c2)C1. The number of thiophene rings is 1. The molecule has 1 aromatic carbocycles. The van der Waals surface area contributed by atoms with Gasteiger partial charge in [0, 0.05) is 62.5 Å². The normalized spacial score (nSPS) is 18.3. The van der Waals surface area contributed by atoms with Crippen LogP contribution < -0.4 is 4.90 Å². The maximum absolute atomic E-state index is 13.4.